The third-order valence-electron chi connectivity index (χ3n) is 4.30. The number of rotatable bonds is 7. The summed E-state index contributed by atoms with van der Waals surface area (Å²) in [5.74, 6) is -0.172. The Morgan fingerprint density at radius 3 is 2.35 bits per heavy atom. The molecule has 0 bridgehead atoms. The number of carbonyl (C=O) groups is 2. The van der Waals surface area contributed by atoms with Gasteiger partial charge in [-0.1, -0.05) is 48.0 Å². The molecule has 0 saturated heterocycles. The van der Waals surface area contributed by atoms with Gasteiger partial charge in [-0.15, -0.1) is 0 Å². The summed E-state index contributed by atoms with van der Waals surface area (Å²) in [5, 5.41) is 3.97. The van der Waals surface area contributed by atoms with Gasteiger partial charge in [0.2, 0.25) is 0 Å². The number of esters is 1. The minimum atomic E-state index is -0.520. The van der Waals surface area contributed by atoms with Crippen molar-refractivity contribution in [2.75, 3.05) is 7.11 Å². The fraction of sp³-hybridized carbons (Fsp3) is 0.0800. The molecular formula is C25H22N2O4. The summed E-state index contributed by atoms with van der Waals surface area (Å²) >= 11 is 0. The highest BCUT2D eigenvalue weighted by molar-refractivity contribution is 5.95. The van der Waals surface area contributed by atoms with Crippen LogP contribution in [0, 0.1) is 6.92 Å². The number of amides is 1. The van der Waals surface area contributed by atoms with E-state index >= 15 is 0 Å². The summed E-state index contributed by atoms with van der Waals surface area (Å²) in [6.45, 7) is 1.95. The second-order valence-corrected chi connectivity index (χ2v) is 6.64. The summed E-state index contributed by atoms with van der Waals surface area (Å²) in [5.41, 5.74) is 5.63. The number of nitrogens with zero attached hydrogens (tertiary/aromatic N) is 1. The van der Waals surface area contributed by atoms with Crippen LogP contribution in [-0.2, 0) is 4.79 Å². The number of benzene rings is 3. The Bertz CT molecular complexity index is 1100. The zero-order chi connectivity index (χ0) is 22.1. The fourth-order valence-corrected chi connectivity index (χ4v) is 2.65. The maximum atomic E-state index is 12.1. The van der Waals surface area contributed by atoms with Crippen molar-refractivity contribution in [1.82, 2.24) is 5.43 Å². The average molecular weight is 414 g/mol. The Labute approximate surface area is 180 Å². The largest absolute Gasteiger partial charge is 0.493 e. The number of methoxy groups -OCH3 is 1. The van der Waals surface area contributed by atoms with Crippen LogP contribution in [0.25, 0.3) is 6.08 Å². The van der Waals surface area contributed by atoms with Gasteiger partial charge in [0, 0.05) is 11.6 Å². The quantitative estimate of drug-likeness (QED) is 0.205. The Hall–Kier alpha value is -4.19. The number of ether oxygens (including phenoxy) is 2. The van der Waals surface area contributed by atoms with Gasteiger partial charge in [-0.05, 0) is 54.5 Å². The van der Waals surface area contributed by atoms with E-state index in [0.29, 0.717) is 16.9 Å². The van der Waals surface area contributed by atoms with Gasteiger partial charge >= 0.3 is 5.97 Å². The maximum Gasteiger partial charge on any atom is 0.336 e. The highest BCUT2D eigenvalue weighted by Crippen LogP contribution is 2.27. The van der Waals surface area contributed by atoms with Gasteiger partial charge in [0.15, 0.2) is 11.5 Å². The highest BCUT2D eigenvalue weighted by atomic mass is 16.6. The summed E-state index contributed by atoms with van der Waals surface area (Å²) < 4.78 is 10.7. The molecule has 0 aromatic heterocycles. The smallest absolute Gasteiger partial charge is 0.336 e. The third kappa shape index (κ3) is 6.40. The lowest BCUT2D eigenvalue weighted by Gasteiger charge is -2.08. The molecule has 1 amide bonds. The van der Waals surface area contributed by atoms with Crippen LogP contribution in [0.4, 0.5) is 0 Å². The minimum Gasteiger partial charge on any atom is -0.493 e. The predicted molar refractivity (Wildman–Crippen MR) is 120 cm³/mol. The summed E-state index contributed by atoms with van der Waals surface area (Å²) in [4.78, 5) is 24.2. The Morgan fingerprint density at radius 1 is 0.903 bits per heavy atom. The van der Waals surface area contributed by atoms with E-state index in [0.717, 1.165) is 11.1 Å². The SMILES string of the molecule is COc1cc(/C=N/NC(=O)c2ccc(C)cc2)ccc1OC(=O)/C=C/c1ccccc1. The molecule has 0 aliphatic carbocycles. The minimum absolute atomic E-state index is 0.283. The predicted octanol–water partition coefficient (Wildman–Crippen LogP) is 4.39. The molecule has 0 unspecified atom stereocenters. The van der Waals surface area contributed by atoms with Gasteiger partial charge in [-0.2, -0.15) is 5.10 Å². The molecule has 1 N–H and O–H groups in total. The lowest BCUT2D eigenvalue weighted by Crippen LogP contribution is -2.17. The summed E-state index contributed by atoms with van der Waals surface area (Å²) in [7, 11) is 1.48. The summed E-state index contributed by atoms with van der Waals surface area (Å²) in [6.07, 6.45) is 4.51. The highest BCUT2D eigenvalue weighted by Gasteiger charge is 2.09. The first-order chi connectivity index (χ1) is 15.0. The number of aryl methyl sites for hydroxylation is 1. The van der Waals surface area contributed by atoms with Gasteiger partial charge < -0.3 is 9.47 Å². The molecule has 156 valence electrons. The normalized spacial score (nSPS) is 10.9. The Morgan fingerprint density at radius 2 is 1.65 bits per heavy atom. The van der Waals surface area contributed by atoms with Crippen LogP contribution in [-0.4, -0.2) is 25.2 Å². The van der Waals surface area contributed by atoms with Crippen LogP contribution in [0.2, 0.25) is 0 Å². The maximum absolute atomic E-state index is 12.1. The van der Waals surface area contributed by atoms with Crippen LogP contribution >= 0.6 is 0 Å². The van der Waals surface area contributed by atoms with Crippen molar-refractivity contribution in [1.29, 1.82) is 0 Å². The molecule has 3 aromatic carbocycles. The Balaban J connectivity index is 1.61. The van der Waals surface area contributed by atoms with Crippen molar-refractivity contribution in [2.45, 2.75) is 6.92 Å². The lowest BCUT2D eigenvalue weighted by atomic mass is 10.1. The molecule has 0 heterocycles. The van der Waals surface area contributed by atoms with Crippen molar-refractivity contribution in [3.8, 4) is 11.5 Å². The van der Waals surface area contributed by atoms with Crippen molar-refractivity contribution in [3.05, 3.63) is 101 Å². The molecule has 3 rings (SSSR count). The first-order valence-corrected chi connectivity index (χ1v) is 9.58. The molecule has 6 heteroatoms. The van der Waals surface area contributed by atoms with E-state index in [1.165, 1.54) is 19.4 Å². The van der Waals surface area contributed by atoms with Gasteiger partial charge in [-0.25, -0.2) is 10.2 Å². The van der Waals surface area contributed by atoms with Crippen molar-refractivity contribution in [2.24, 2.45) is 5.10 Å². The van der Waals surface area contributed by atoms with E-state index in [4.69, 9.17) is 9.47 Å². The van der Waals surface area contributed by atoms with Crippen LogP contribution < -0.4 is 14.9 Å². The molecule has 0 aliphatic rings. The number of carbonyl (C=O) groups excluding carboxylic acids is 2. The van der Waals surface area contributed by atoms with Crippen molar-refractivity contribution in [3.63, 3.8) is 0 Å². The van der Waals surface area contributed by atoms with Crippen molar-refractivity contribution >= 4 is 24.2 Å². The molecule has 3 aromatic rings. The lowest BCUT2D eigenvalue weighted by molar-refractivity contribution is -0.129. The van der Waals surface area contributed by atoms with Crippen LogP contribution in [0.1, 0.15) is 27.0 Å². The molecule has 0 aliphatic heterocycles. The zero-order valence-corrected chi connectivity index (χ0v) is 17.2. The van der Waals surface area contributed by atoms with Gasteiger partial charge in [-0.3, -0.25) is 4.79 Å². The van der Waals surface area contributed by atoms with E-state index in [1.54, 1.807) is 36.4 Å². The molecule has 31 heavy (non-hydrogen) atoms. The second-order valence-electron chi connectivity index (χ2n) is 6.64. The number of hydrogen-bond donors (Lipinski definition) is 1. The molecular weight excluding hydrogens is 392 g/mol. The Kier molecular flexibility index (Phi) is 7.32. The summed E-state index contributed by atoms with van der Waals surface area (Å²) in [6, 6.07) is 21.6. The molecule has 0 saturated carbocycles. The van der Waals surface area contributed by atoms with Crippen LogP contribution in [0.15, 0.2) is 84.0 Å². The van der Waals surface area contributed by atoms with Gasteiger partial charge in [0.25, 0.3) is 5.91 Å². The molecule has 0 radical (unpaired) electrons. The third-order valence-corrected chi connectivity index (χ3v) is 4.30. The fourth-order valence-electron chi connectivity index (χ4n) is 2.65. The molecule has 6 nitrogen and oxygen atoms in total. The first-order valence-electron chi connectivity index (χ1n) is 9.58. The number of nitrogens with one attached hydrogen (secondary N) is 1. The van der Waals surface area contributed by atoms with E-state index in [2.05, 4.69) is 10.5 Å². The van der Waals surface area contributed by atoms with Gasteiger partial charge in [0.05, 0.1) is 13.3 Å². The van der Waals surface area contributed by atoms with E-state index in [9.17, 15) is 9.59 Å². The van der Waals surface area contributed by atoms with E-state index < -0.39 is 5.97 Å². The van der Waals surface area contributed by atoms with E-state index in [1.807, 2.05) is 49.4 Å². The van der Waals surface area contributed by atoms with Crippen LogP contribution in [0.3, 0.4) is 0 Å². The van der Waals surface area contributed by atoms with Crippen molar-refractivity contribution < 1.29 is 19.1 Å². The monoisotopic (exact) mass is 414 g/mol. The second kappa shape index (κ2) is 10.5. The zero-order valence-electron chi connectivity index (χ0n) is 17.2. The molecule has 0 atom stereocenters. The topological polar surface area (TPSA) is 77.0 Å². The first kappa shape index (κ1) is 21.5. The van der Waals surface area contributed by atoms with E-state index in [-0.39, 0.29) is 11.7 Å². The average Bonchev–Trinajstić information content (AvgIpc) is 2.79. The number of hydrazone groups is 1. The number of hydrogen-bond acceptors (Lipinski definition) is 5. The standard InChI is InChI=1S/C25H22N2O4/c1-18-8-12-21(13-9-18)25(29)27-26-17-20-10-14-22(23(16-20)30-2)31-24(28)15-11-19-6-4-3-5-7-19/h3-17H,1-2H3,(H,27,29)/b15-11+,26-17+. The van der Waals surface area contributed by atoms with Gasteiger partial charge in [0.1, 0.15) is 0 Å². The molecule has 0 fully saturated rings. The van der Waals surface area contributed by atoms with Crippen LogP contribution in [0.5, 0.6) is 11.5 Å². The molecule has 0 spiro atoms.